The number of nitrogens with one attached hydrogen (secondary N) is 1. The quantitative estimate of drug-likeness (QED) is 0.290. The van der Waals surface area contributed by atoms with E-state index in [-0.39, 0.29) is 63.1 Å². The molecule has 2 N–H and O–H groups in total. The van der Waals surface area contributed by atoms with E-state index in [4.69, 9.17) is 11.6 Å². The third kappa shape index (κ3) is 6.20. The fourth-order valence-corrected chi connectivity index (χ4v) is 6.81. The van der Waals surface area contributed by atoms with Gasteiger partial charge in [-0.15, -0.1) is 0 Å². The number of alkyl halides is 3. The third-order valence-electron chi connectivity index (χ3n) is 8.93. The van der Waals surface area contributed by atoms with Crippen molar-refractivity contribution in [2.75, 3.05) is 42.3 Å². The maximum atomic E-state index is 14.3. The van der Waals surface area contributed by atoms with E-state index in [0.29, 0.717) is 49.6 Å². The second-order valence-corrected chi connectivity index (χ2v) is 12.7. The lowest BCUT2D eigenvalue weighted by molar-refractivity contribution is -0.137. The predicted molar refractivity (Wildman–Crippen MR) is 176 cm³/mol. The number of rotatable bonds is 7. The molecule has 3 aromatic heterocycles. The van der Waals surface area contributed by atoms with E-state index in [1.54, 1.807) is 35.4 Å². The van der Waals surface area contributed by atoms with Gasteiger partial charge in [-0.3, -0.25) is 14.4 Å². The molecule has 2 bridgehead atoms. The number of aryl methyl sites for hydroxylation is 1. The zero-order valence-corrected chi connectivity index (χ0v) is 27.8. The number of hydrogen-bond acceptors (Lipinski definition) is 10. The summed E-state index contributed by atoms with van der Waals surface area (Å²) in [6.07, 6.45) is -0.238. The first-order valence-corrected chi connectivity index (χ1v) is 15.9. The number of benzene rings is 1. The van der Waals surface area contributed by atoms with Crippen molar-refractivity contribution in [3.05, 3.63) is 68.6 Å². The van der Waals surface area contributed by atoms with Gasteiger partial charge in [0.25, 0.3) is 5.91 Å². The molecule has 2 aliphatic heterocycles. The van der Waals surface area contributed by atoms with Crippen LogP contribution in [0.2, 0.25) is 5.02 Å². The summed E-state index contributed by atoms with van der Waals surface area (Å²) in [6, 6.07) is 2.06. The van der Waals surface area contributed by atoms with Crippen molar-refractivity contribution in [3.8, 4) is 5.75 Å². The lowest BCUT2D eigenvalue weighted by Crippen LogP contribution is -2.57. The third-order valence-corrected chi connectivity index (χ3v) is 9.24. The maximum Gasteiger partial charge on any atom is 0.416 e. The number of piperazine rings is 1. The highest BCUT2D eigenvalue weighted by molar-refractivity contribution is 6.33. The minimum Gasteiger partial charge on any atom is -0.504 e. The molecular weight excluding hydrogens is 667 g/mol. The molecule has 1 aromatic carbocycles. The number of carbonyl (C=O) groups is 2. The van der Waals surface area contributed by atoms with Crippen molar-refractivity contribution in [1.29, 1.82) is 0 Å². The van der Waals surface area contributed by atoms with Gasteiger partial charge in [-0.25, -0.2) is 19.9 Å². The van der Waals surface area contributed by atoms with Crippen LogP contribution in [-0.2, 0) is 23.9 Å². The van der Waals surface area contributed by atoms with Crippen LogP contribution in [-0.4, -0.2) is 85.6 Å². The van der Waals surface area contributed by atoms with Gasteiger partial charge >= 0.3 is 6.18 Å². The van der Waals surface area contributed by atoms with Crippen molar-refractivity contribution >= 4 is 51.8 Å². The molecule has 0 radical (unpaired) electrons. The van der Waals surface area contributed by atoms with Gasteiger partial charge in [0.2, 0.25) is 11.3 Å². The lowest BCUT2D eigenvalue weighted by Gasteiger charge is -2.42. The number of pyridine rings is 1. The summed E-state index contributed by atoms with van der Waals surface area (Å²) in [5.41, 5.74) is -0.108. The van der Waals surface area contributed by atoms with Crippen LogP contribution < -0.4 is 20.5 Å². The minimum absolute atomic E-state index is 0.00782. The van der Waals surface area contributed by atoms with Crippen molar-refractivity contribution in [3.63, 3.8) is 0 Å². The number of anilines is 3. The van der Waals surface area contributed by atoms with E-state index in [9.17, 15) is 32.7 Å². The molecule has 0 spiro atoms. The van der Waals surface area contributed by atoms with Gasteiger partial charge in [-0.2, -0.15) is 13.2 Å². The molecule has 0 aliphatic carbocycles. The Hall–Kier alpha value is -4.99. The van der Waals surface area contributed by atoms with Crippen LogP contribution in [0.1, 0.15) is 47.2 Å². The Morgan fingerprint density at radius 1 is 1.12 bits per heavy atom. The minimum atomic E-state index is -4.60. The smallest absolute Gasteiger partial charge is 0.416 e. The summed E-state index contributed by atoms with van der Waals surface area (Å²) in [6.45, 7) is 3.67. The van der Waals surface area contributed by atoms with E-state index in [1.165, 1.54) is 12.5 Å². The summed E-state index contributed by atoms with van der Waals surface area (Å²) in [5.74, 6) is -0.878. The fraction of sp³-hybridized carbons (Fsp3) is 0.406. The van der Waals surface area contributed by atoms with Crippen LogP contribution in [0.4, 0.5) is 30.4 Å². The highest BCUT2D eigenvalue weighted by Gasteiger charge is 2.45. The standard InChI is InChI=1S/C32H33ClF3N9O4/c1-5-22-27(43-12-18-7-8-19(13-43)45(18)31(49)26-28(47)16(2)38-15-39-26)29(48)25-30(37-11-23(41-25)42(3)4)44(22)14-24(46)40-21-9-6-17(10-20(21)33)32(34,35)36/h6,9-11,15,18-19,47H,5,7-8,12-14H2,1-4H3,(H,40,46)/t18-,19+. The Kier molecular flexibility index (Phi) is 8.85. The molecule has 2 fully saturated rings. The van der Waals surface area contributed by atoms with Crippen LogP contribution >= 0.6 is 11.6 Å². The first kappa shape index (κ1) is 33.9. The fourth-order valence-electron chi connectivity index (χ4n) is 6.58. The van der Waals surface area contributed by atoms with Crippen molar-refractivity contribution < 1.29 is 27.9 Å². The normalized spacial score (nSPS) is 17.5. The van der Waals surface area contributed by atoms with Gasteiger partial charge in [0.1, 0.15) is 24.4 Å². The molecule has 2 aliphatic rings. The van der Waals surface area contributed by atoms with E-state index in [0.717, 1.165) is 18.2 Å². The number of fused-ring (bicyclic) bond motifs is 3. The van der Waals surface area contributed by atoms with Gasteiger partial charge in [0, 0.05) is 32.9 Å². The molecule has 2 atom stereocenters. The number of carbonyl (C=O) groups excluding carboxylic acids is 2. The first-order chi connectivity index (χ1) is 23.2. The Morgan fingerprint density at radius 2 is 1.82 bits per heavy atom. The zero-order valence-electron chi connectivity index (χ0n) is 27.0. The molecule has 0 unspecified atom stereocenters. The van der Waals surface area contributed by atoms with Gasteiger partial charge in [-0.05, 0) is 44.4 Å². The number of amides is 2. The molecule has 258 valence electrons. The Bertz CT molecular complexity index is 2020. The Labute approximate surface area is 283 Å². The second kappa shape index (κ2) is 12.8. The van der Waals surface area contributed by atoms with Crippen LogP contribution in [0.25, 0.3) is 11.2 Å². The van der Waals surface area contributed by atoms with Gasteiger partial charge in [-0.1, -0.05) is 18.5 Å². The van der Waals surface area contributed by atoms with Crippen LogP contribution in [0, 0.1) is 6.92 Å². The van der Waals surface area contributed by atoms with Crippen molar-refractivity contribution in [2.45, 2.75) is 57.9 Å². The molecule has 13 nitrogen and oxygen atoms in total. The Morgan fingerprint density at radius 3 is 2.43 bits per heavy atom. The number of aromatic nitrogens is 5. The number of nitrogens with zero attached hydrogens (tertiary/aromatic N) is 8. The molecule has 6 rings (SSSR count). The summed E-state index contributed by atoms with van der Waals surface area (Å²) >= 11 is 6.11. The molecule has 49 heavy (non-hydrogen) atoms. The molecule has 4 aromatic rings. The highest BCUT2D eigenvalue weighted by atomic mass is 35.5. The highest BCUT2D eigenvalue weighted by Crippen LogP contribution is 2.37. The van der Waals surface area contributed by atoms with Crippen LogP contribution in [0.15, 0.2) is 35.5 Å². The number of hydrogen-bond donors (Lipinski definition) is 2. The summed E-state index contributed by atoms with van der Waals surface area (Å²) in [7, 11) is 3.50. The van der Waals surface area contributed by atoms with Crippen LogP contribution in [0.3, 0.4) is 0 Å². The largest absolute Gasteiger partial charge is 0.504 e. The van der Waals surface area contributed by atoms with Crippen molar-refractivity contribution in [1.82, 2.24) is 29.4 Å². The average molecular weight is 700 g/mol. The van der Waals surface area contributed by atoms with Crippen LogP contribution in [0.5, 0.6) is 5.75 Å². The monoisotopic (exact) mass is 699 g/mol. The summed E-state index contributed by atoms with van der Waals surface area (Å²) in [4.78, 5) is 63.8. The number of aromatic hydroxyl groups is 1. The topological polar surface area (TPSA) is 150 Å². The Balaban J connectivity index is 1.38. The molecule has 0 saturated carbocycles. The van der Waals surface area contributed by atoms with E-state index >= 15 is 0 Å². The lowest BCUT2D eigenvalue weighted by atomic mass is 10.1. The SMILES string of the molecule is CCc1c(N2C[C@H]3CC[C@@H](C2)N3C(=O)c2ncnc(C)c2O)c(=O)c2nc(N(C)C)cnc2n1CC(=O)Nc1ccc(C(F)(F)F)cc1Cl. The second-order valence-electron chi connectivity index (χ2n) is 12.3. The maximum absolute atomic E-state index is 14.3. The predicted octanol–water partition coefficient (Wildman–Crippen LogP) is 4.03. The summed E-state index contributed by atoms with van der Waals surface area (Å²) < 4.78 is 41.1. The summed E-state index contributed by atoms with van der Waals surface area (Å²) in [5, 5.41) is 12.8. The van der Waals surface area contributed by atoms with E-state index in [1.807, 2.05) is 11.8 Å². The molecule has 2 saturated heterocycles. The van der Waals surface area contributed by atoms with E-state index < -0.39 is 23.6 Å². The molecule has 5 heterocycles. The van der Waals surface area contributed by atoms with E-state index in [2.05, 4.69) is 25.3 Å². The average Bonchev–Trinajstić information content (AvgIpc) is 3.32. The van der Waals surface area contributed by atoms with Gasteiger partial charge in [0.15, 0.2) is 22.6 Å². The van der Waals surface area contributed by atoms with Gasteiger partial charge in [0.05, 0.1) is 40.2 Å². The first-order valence-electron chi connectivity index (χ1n) is 15.5. The zero-order chi connectivity index (χ0) is 35.4. The molecular formula is C32H33ClF3N9O4. The molecule has 17 heteroatoms. The van der Waals surface area contributed by atoms with Gasteiger partial charge < -0.3 is 29.7 Å². The number of halogens is 4. The molecule has 2 amide bonds. The van der Waals surface area contributed by atoms with Crippen molar-refractivity contribution in [2.24, 2.45) is 0 Å².